The molecule has 16 nitrogen and oxygen atoms in total. The van der Waals surface area contributed by atoms with Gasteiger partial charge in [0.25, 0.3) is 0 Å². The number of aromatic nitrogens is 10. The average molecular weight is 703 g/mol. The Morgan fingerprint density at radius 2 is 1.27 bits per heavy atom. The minimum Gasteiger partial charge on any atom is -0.353 e. The van der Waals surface area contributed by atoms with Crippen molar-refractivity contribution >= 4 is 34.8 Å². The molecule has 8 heterocycles. The molecule has 0 aromatic carbocycles. The van der Waals surface area contributed by atoms with E-state index in [4.69, 9.17) is 29.9 Å². The highest BCUT2D eigenvalue weighted by atomic mass is 15.6. The highest BCUT2D eigenvalue weighted by Gasteiger charge is 2.30. The Labute approximate surface area is 302 Å². The summed E-state index contributed by atoms with van der Waals surface area (Å²) in [7, 11) is 0. The first kappa shape index (κ1) is 33.7. The van der Waals surface area contributed by atoms with E-state index in [1.807, 2.05) is 49.3 Å². The van der Waals surface area contributed by atoms with Crippen molar-refractivity contribution in [1.82, 2.24) is 59.4 Å². The van der Waals surface area contributed by atoms with Crippen LogP contribution in [0.15, 0.2) is 61.7 Å². The summed E-state index contributed by atoms with van der Waals surface area (Å²) in [5.41, 5.74) is 8.94. The molecule has 2 aliphatic heterocycles. The van der Waals surface area contributed by atoms with Crippen LogP contribution in [0.4, 0.5) is 23.5 Å². The summed E-state index contributed by atoms with van der Waals surface area (Å²) in [6.07, 6.45) is 18.8. The smallest absolute Gasteiger partial charge is 0.223 e. The van der Waals surface area contributed by atoms with Gasteiger partial charge in [-0.25, -0.2) is 45.3 Å². The van der Waals surface area contributed by atoms with Crippen molar-refractivity contribution in [3.05, 3.63) is 61.7 Å². The predicted octanol–water partition coefficient (Wildman–Crippen LogP) is 4.06. The van der Waals surface area contributed by atoms with Crippen molar-refractivity contribution in [1.29, 1.82) is 0 Å². The highest BCUT2D eigenvalue weighted by Crippen LogP contribution is 2.30. The van der Waals surface area contributed by atoms with Crippen molar-refractivity contribution in [2.45, 2.75) is 77.5 Å². The van der Waals surface area contributed by atoms with E-state index in [0.29, 0.717) is 11.9 Å². The van der Waals surface area contributed by atoms with Gasteiger partial charge in [-0.05, 0) is 78.6 Å². The molecule has 16 heteroatoms. The standard InChI is InChI=1S/C36H46N16/c1-23(2)44-35-40-13-7-27(46-35)29-21-42-32-31(38-15-19-50(29)32)49-17-9-25(10-18-49)48-52(26-5-11-37-12-6-26)34-33-43-22-30(51(33)20-16-39-34)28-8-14-41-36(47-28)45-24(3)4/h7-8,13-16,19-26,37,48H,5-6,9-12,17-18H2,1-4H3,(H,40,44,46)(H,41,45,47). The number of imidazole rings is 2. The maximum absolute atomic E-state index is 4.93. The largest absolute Gasteiger partial charge is 0.353 e. The summed E-state index contributed by atoms with van der Waals surface area (Å²) >= 11 is 0. The first-order chi connectivity index (χ1) is 25.4. The normalized spacial score (nSPS) is 16.0. The van der Waals surface area contributed by atoms with E-state index in [-0.39, 0.29) is 24.2 Å². The van der Waals surface area contributed by atoms with Gasteiger partial charge >= 0.3 is 0 Å². The van der Waals surface area contributed by atoms with Gasteiger partial charge < -0.3 is 20.9 Å². The van der Waals surface area contributed by atoms with Crippen LogP contribution in [-0.2, 0) is 0 Å². The molecule has 2 saturated heterocycles. The van der Waals surface area contributed by atoms with Crippen LogP contribution in [0.2, 0.25) is 0 Å². The molecule has 0 atom stereocenters. The summed E-state index contributed by atoms with van der Waals surface area (Å²) in [5, 5.41) is 12.4. The van der Waals surface area contributed by atoms with Crippen LogP contribution in [0.25, 0.3) is 34.1 Å². The van der Waals surface area contributed by atoms with E-state index in [1.54, 1.807) is 12.4 Å². The fourth-order valence-corrected chi connectivity index (χ4v) is 7.06. The number of nitrogens with zero attached hydrogens (tertiary/aromatic N) is 12. The van der Waals surface area contributed by atoms with Gasteiger partial charge in [0.15, 0.2) is 22.9 Å². The van der Waals surface area contributed by atoms with E-state index in [9.17, 15) is 0 Å². The Hall–Kier alpha value is -5.48. The van der Waals surface area contributed by atoms with Gasteiger partial charge in [0.05, 0.1) is 35.2 Å². The zero-order chi connectivity index (χ0) is 35.6. The fourth-order valence-electron chi connectivity index (χ4n) is 7.06. The number of hydrogen-bond donors (Lipinski definition) is 4. The number of rotatable bonds is 11. The van der Waals surface area contributed by atoms with Crippen LogP contribution in [0.3, 0.4) is 0 Å². The molecule has 0 amide bonds. The first-order valence-electron chi connectivity index (χ1n) is 18.3. The van der Waals surface area contributed by atoms with E-state index < -0.39 is 0 Å². The maximum Gasteiger partial charge on any atom is 0.223 e. The quantitative estimate of drug-likeness (QED) is 0.143. The lowest BCUT2D eigenvalue weighted by atomic mass is 10.0. The highest BCUT2D eigenvalue weighted by molar-refractivity contribution is 5.71. The third kappa shape index (κ3) is 6.90. The van der Waals surface area contributed by atoms with E-state index in [1.165, 1.54) is 0 Å². The molecule has 0 spiro atoms. The molecule has 0 aliphatic carbocycles. The van der Waals surface area contributed by atoms with Gasteiger partial charge in [-0.3, -0.25) is 13.8 Å². The molecule has 270 valence electrons. The zero-order valence-corrected chi connectivity index (χ0v) is 30.1. The molecule has 6 aromatic rings. The summed E-state index contributed by atoms with van der Waals surface area (Å²) in [6.45, 7) is 11.9. The van der Waals surface area contributed by atoms with Crippen LogP contribution < -0.4 is 31.3 Å². The second kappa shape index (κ2) is 14.6. The number of piperidine rings is 2. The van der Waals surface area contributed by atoms with Crippen molar-refractivity contribution in [3.63, 3.8) is 0 Å². The number of nitrogens with one attached hydrogen (secondary N) is 4. The average Bonchev–Trinajstić information content (AvgIpc) is 3.80. The van der Waals surface area contributed by atoms with Crippen molar-refractivity contribution in [3.8, 4) is 22.8 Å². The fraction of sp³-hybridized carbons (Fsp3) is 0.444. The Kier molecular flexibility index (Phi) is 9.47. The molecular weight excluding hydrogens is 657 g/mol. The Bertz CT molecular complexity index is 2130. The van der Waals surface area contributed by atoms with Crippen LogP contribution in [0.1, 0.15) is 53.4 Å². The molecule has 0 saturated carbocycles. The number of fused-ring (bicyclic) bond motifs is 2. The van der Waals surface area contributed by atoms with Crippen LogP contribution >= 0.6 is 0 Å². The van der Waals surface area contributed by atoms with Crippen molar-refractivity contribution < 1.29 is 0 Å². The van der Waals surface area contributed by atoms with E-state index in [2.05, 4.69) is 77.7 Å². The Morgan fingerprint density at radius 3 is 1.88 bits per heavy atom. The third-order valence-corrected chi connectivity index (χ3v) is 9.51. The van der Waals surface area contributed by atoms with Gasteiger partial charge in [-0.2, -0.15) is 0 Å². The summed E-state index contributed by atoms with van der Waals surface area (Å²) < 4.78 is 4.15. The molecule has 0 unspecified atom stereocenters. The van der Waals surface area contributed by atoms with E-state index >= 15 is 0 Å². The Balaban J connectivity index is 1.02. The molecule has 0 radical (unpaired) electrons. The molecular formula is C36H46N16. The summed E-state index contributed by atoms with van der Waals surface area (Å²) in [5.74, 6) is 2.90. The van der Waals surface area contributed by atoms with Crippen molar-refractivity contribution in [2.24, 2.45) is 0 Å². The molecule has 0 bridgehead atoms. The lowest BCUT2D eigenvalue weighted by molar-refractivity contribution is 0.340. The molecule has 8 rings (SSSR count). The lowest BCUT2D eigenvalue weighted by Gasteiger charge is -2.41. The monoisotopic (exact) mass is 702 g/mol. The number of hydrogen-bond acceptors (Lipinski definition) is 14. The zero-order valence-electron chi connectivity index (χ0n) is 30.1. The topological polar surface area (TPSA) is 167 Å². The Morgan fingerprint density at radius 1 is 0.692 bits per heavy atom. The first-order valence-corrected chi connectivity index (χ1v) is 18.3. The molecule has 2 fully saturated rings. The van der Waals surface area contributed by atoms with Crippen LogP contribution in [-0.4, -0.2) is 99.0 Å². The predicted molar refractivity (Wildman–Crippen MR) is 202 cm³/mol. The van der Waals surface area contributed by atoms with Gasteiger partial charge in [0.1, 0.15) is 0 Å². The second-order valence-corrected chi connectivity index (χ2v) is 14.0. The van der Waals surface area contributed by atoms with Crippen molar-refractivity contribution in [2.75, 3.05) is 46.7 Å². The summed E-state index contributed by atoms with van der Waals surface area (Å²) in [4.78, 5) is 40.1. The third-order valence-electron chi connectivity index (χ3n) is 9.51. The van der Waals surface area contributed by atoms with Crippen LogP contribution in [0.5, 0.6) is 0 Å². The molecule has 6 aromatic heterocycles. The van der Waals surface area contributed by atoms with E-state index in [0.717, 1.165) is 97.6 Å². The van der Waals surface area contributed by atoms with Gasteiger partial charge in [-0.15, -0.1) is 0 Å². The number of hydrazine groups is 1. The maximum atomic E-state index is 4.93. The van der Waals surface area contributed by atoms with Gasteiger partial charge in [-0.1, -0.05) is 0 Å². The SMILES string of the molecule is CC(C)Nc1nccc(-c2cnc3c(N4CCC(NN(c5nccn6c(-c7ccnc(NC(C)C)n7)cnc56)C5CCNCC5)CC4)nccn23)n1. The molecule has 52 heavy (non-hydrogen) atoms. The van der Waals surface area contributed by atoms with Gasteiger partial charge in [0, 0.05) is 74.4 Å². The minimum absolute atomic E-state index is 0.226. The second-order valence-electron chi connectivity index (χ2n) is 14.0. The minimum atomic E-state index is 0.226. The number of anilines is 4. The summed E-state index contributed by atoms with van der Waals surface area (Å²) in [6, 6.07) is 4.81. The van der Waals surface area contributed by atoms with Gasteiger partial charge in [0.2, 0.25) is 11.9 Å². The molecule has 2 aliphatic rings. The van der Waals surface area contributed by atoms with Crippen LogP contribution in [0, 0.1) is 0 Å². The molecule has 4 N–H and O–H groups in total. The lowest BCUT2D eigenvalue weighted by Crippen LogP contribution is -2.56.